The van der Waals surface area contributed by atoms with Gasteiger partial charge in [0.15, 0.2) is 40.2 Å². The minimum Gasteiger partial charge on any atom is -0.488 e. The molecule has 49 heavy (non-hydrogen) atoms. The van der Waals surface area contributed by atoms with Crippen LogP contribution < -0.4 is 4.90 Å². The Bertz CT molecular complexity index is 1920. The molecule has 2 aromatic carbocycles. The molecule has 1 aromatic heterocycles. The third kappa shape index (κ3) is 7.76. The maximum Gasteiger partial charge on any atom is 0.237 e. The van der Waals surface area contributed by atoms with Crippen molar-refractivity contribution < 1.29 is 31.8 Å². The van der Waals surface area contributed by atoms with E-state index < -0.39 is 57.3 Å². The van der Waals surface area contributed by atoms with Crippen LogP contribution in [0.3, 0.4) is 0 Å². The highest BCUT2D eigenvalue weighted by atomic mass is 32.1. The van der Waals surface area contributed by atoms with Crippen molar-refractivity contribution in [2.45, 2.75) is 45.1 Å². The van der Waals surface area contributed by atoms with E-state index in [4.69, 9.17) is 16.4 Å². The van der Waals surface area contributed by atoms with Gasteiger partial charge in [0.25, 0.3) is 0 Å². The average molecular weight is 691 g/mol. The number of anilines is 1. The van der Waals surface area contributed by atoms with Crippen LogP contribution in [-0.2, 0) is 10.3 Å². The maximum absolute atomic E-state index is 15.1. The van der Waals surface area contributed by atoms with Gasteiger partial charge in [-0.15, -0.1) is 11.3 Å². The van der Waals surface area contributed by atoms with Gasteiger partial charge >= 0.3 is 0 Å². The van der Waals surface area contributed by atoms with Crippen molar-refractivity contribution in [3.63, 3.8) is 0 Å². The summed E-state index contributed by atoms with van der Waals surface area (Å²) in [6.07, 6.45) is 10.3. The summed E-state index contributed by atoms with van der Waals surface area (Å²) in [4.78, 5) is 7.06. The first-order valence-electron chi connectivity index (χ1n) is 15.3. The van der Waals surface area contributed by atoms with E-state index in [0.29, 0.717) is 4.88 Å². The summed E-state index contributed by atoms with van der Waals surface area (Å²) in [5, 5.41) is 28.0. The molecular formula is C37H31F5N4O2S. The number of halogens is 5. The highest BCUT2D eigenvalue weighted by Gasteiger charge is 2.49. The molecule has 0 saturated carbocycles. The topological polar surface area (TPSA) is 84.6 Å². The summed E-state index contributed by atoms with van der Waals surface area (Å²) in [6.45, 7) is 12.8. The molecule has 0 fully saturated rings. The van der Waals surface area contributed by atoms with Crippen LogP contribution in [-0.4, -0.2) is 24.8 Å². The van der Waals surface area contributed by atoms with Crippen molar-refractivity contribution >= 4 is 35.3 Å². The third-order valence-corrected chi connectivity index (χ3v) is 8.93. The van der Waals surface area contributed by atoms with E-state index in [1.54, 1.807) is 18.2 Å². The molecule has 0 amide bonds. The second-order valence-corrected chi connectivity index (χ2v) is 12.3. The molecule has 0 saturated heterocycles. The Morgan fingerprint density at radius 1 is 0.878 bits per heavy atom. The first-order chi connectivity index (χ1) is 23.5. The minimum atomic E-state index is -2.47. The quantitative estimate of drug-likeness (QED) is 0.0483. The summed E-state index contributed by atoms with van der Waals surface area (Å²) in [5.74, 6) is -11.8. The Balaban J connectivity index is 1.65. The predicted octanol–water partition coefficient (Wildman–Crippen LogP) is 9.43. The zero-order chi connectivity index (χ0) is 35.7. The van der Waals surface area contributed by atoms with Gasteiger partial charge < -0.3 is 14.7 Å². The summed E-state index contributed by atoms with van der Waals surface area (Å²) in [5.41, 5.74) is -3.28. The summed E-state index contributed by atoms with van der Waals surface area (Å²) >= 11 is 1.32. The monoisotopic (exact) mass is 690 g/mol. The van der Waals surface area contributed by atoms with Crippen molar-refractivity contribution in [3.8, 4) is 12.1 Å². The molecule has 0 aliphatic carbocycles. The Morgan fingerprint density at radius 3 is 2.00 bits per heavy atom. The molecule has 252 valence electrons. The molecule has 0 radical (unpaired) electrons. The van der Waals surface area contributed by atoms with Gasteiger partial charge in [-0.2, -0.15) is 10.5 Å². The Kier molecular flexibility index (Phi) is 12.1. The van der Waals surface area contributed by atoms with Gasteiger partial charge in [-0.05, 0) is 68.2 Å². The molecule has 0 spiro atoms. The molecule has 3 aromatic rings. The van der Waals surface area contributed by atoms with Crippen molar-refractivity contribution in [2.75, 3.05) is 24.6 Å². The van der Waals surface area contributed by atoms with Gasteiger partial charge in [-0.1, -0.05) is 37.6 Å². The van der Waals surface area contributed by atoms with Crippen LogP contribution in [0.15, 0.2) is 65.1 Å². The van der Waals surface area contributed by atoms with Gasteiger partial charge in [-0.3, -0.25) is 0 Å². The Hall–Kier alpha value is -5.22. The number of unbranched alkanes of at least 4 members (excludes halogenated alkanes) is 2. The van der Waals surface area contributed by atoms with E-state index in [1.807, 2.05) is 30.4 Å². The number of hydrogen-bond acceptors (Lipinski definition) is 6. The maximum atomic E-state index is 15.1. The minimum absolute atomic E-state index is 0.168. The Labute approximate surface area is 285 Å². The summed E-state index contributed by atoms with van der Waals surface area (Å²) in [7, 11) is 0. The van der Waals surface area contributed by atoms with Crippen LogP contribution >= 0.6 is 11.3 Å². The number of thiophene rings is 1. The first-order valence-corrected chi connectivity index (χ1v) is 16.2. The second kappa shape index (κ2) is 16.3. The average Bonchev–Trinajstić information content (AvgIpc) is 3.68. The number of benzene rings is 2. The van der Waals surface area contributed by atoms with Crippen LogP contribution in [0.1, 0.15) is 60.4 Å². The van der Waals surface area contributed by atoms with Crippen molar-refractivity contribution in [1.82, 2.24) is 0 Å². The van der Waals surface area contributed by atoms with Gasteiger partial charge in [0.1, 0.15) is 12.1 Å². The molecular weight excluding hydrogens is 659 g/mol. The lowest BCUT2D eigenvalue weighted by atomic mass is 9.86. The van der Waals surface area contributed by atoms with Crippen molar-refractivity contribution in [2.24, 2.45) is 0 Å². The number of rotatable bonds is 13. The first kappa shape index (κ1) is 36.6. The van der Waals surface area contributed by atoms with Crippen LogP contribution in [0.25, 0.3) is 23.1 Å². The molecule has 12 heteroatoms. The fraction of sp³-hybridized carbons (Fsp3) is 0.270. The van der Waals surface area contributed by atoms with E-state index in [9.17, 15) is 23.7 Å². The highest BCUT2D eigenvalue weighted by molar-refractivity contribution is 7.13. The predicted molar refractivity (Wildman–Crippen MR) is 179 cm³/mol. The van der Waals surface area contributed by atoms with Crippen LogP contribution in [0.4, 0.5) is 27.6 Å². The summed E-state index contributed by atoms with van der Waals surface area (Å²) < 4.78 is 78.2. The molecule has 1 aliphatic rings. The number of ether oxygens (including phenoxy) is 1. The lowest BCUT2D eigenvalue weighted by Gasteiger charge is -2.29. The lowest BCUT2D eigenvalue weighted by molar-refractivity contribution is 0.0659. The molecule has 1 atom stereocenters. The molecule has 1 aliphatic heterocycles. The number of aliphatic hydroxyl groups excluding tert-OH is 1. The van der Waals surface area contributed by atoms with E-state index in [1.165, 1.54) is 23.5 Å². The van der Waals surface area contributed by atoms with Crippen LogP contribution in [0.2, 0.25) is 0 Å². The van der Waals surface area contributed by atoms with E-state index in [2.05, 4.69) is 28.8 Å². The number of hydrogen-bond donors (Lipinski definition) is 1. The van der Waals surface area contributed by atoms with E-state index in [-0.39, 0.29) is 12.2 Å². The zero-order valence-electron chi connectivity index (χ0n) is 26.7. The number of aliphatic hydroxyl groups is 1. The largest absolute Gasteiger partial charge is 0.488 e. The van der Waals surface area contributed by atoms with Crippen molar-refractivity contribution in [1.29, 1.82) is 10.5 Å². The smallest absolute Gasteiger partial charge is 0.237 e. The fourth-order valence-corrected chi connectivity index (χ4v) is 6.15. The highest BCUT2D eigenvalue weighted by Crippen LogP contribution is 2.50. The fourth-order valence-electron chi connectivity index (χ4n) is 5.33. The van der Waals surface area contributed by atoms with Crippen LogP contribution in [0, 0.1) is 58.3 Å². The molecule has 6 nitrogen and oxygen atoms in total. The van der Waals surface area contributed by atoms with Crippen LogP contribution in [0.5, 0.6) is 0 Å². The molecule has 1 unspecified atom stereocenters. The van der Waals surface area contributed by atoms with Gasteiger partial charge in [0.05, 0.1) is 12.1 Å². The van der Waals surface area contributed by atoms with Crippen molar-refractivity contribution in [3.05, 3.63) is 126 Å². The normalized spacial score (nSPS) is 15.8. The zero-order valence-corrected chi connectivity index (χ0v) is 27.5. The lowest BCUT2D eigenvalue weighted by Crippen LogP contribution is -2.28. The number of nitriles is 2. The van der Waals surface area contributed by atoms with Gasteiger partial charge in [0.2, 0.25) is 11.5 Å². The second-order valence-electron chi connectivity index (χ2n) is 11.2. The molecule has 4 rings (SSSR count). The number of allylic oxidation sites excluding steroid dienone is 1. The number of nitrogens with zero attached hydrogens (tertiary/aromatic N) is 4. The SMILES string of the molecule is [C-]#[N+]C1=C(/C=C/c2ccc(/C=C/c3ccc(N(CCCC)CCCCO)cc3)s2)C(C)(c2c(F)c(F)c(F)c(F)c2F)OC1=C(C#N)C#N. The standard InChI is InChI=1S/C37H31F5N4O2S/c1-4-5-18-46(19-6-7-20-47)25-11-8-23(9-12-25)10-13-26-14-15-27(49-26)16-17-28-35(45-3)36(24(21-43)22-44)48-37(28,2)29-30(38)32(40)34(42)33(41)31(29)39/h8-17,47H,4-7,18-20H2,1-2H3/b13-10+,17-16+. The van der Waals surface area contributed by atoms with E-state index >= 15 is 8.78 Å². The third-order valence-electron chi connectivity index (χ3n) is 7.92. The molecule has 1 N–H and O–H groups in total. The van der Waals surface area contributed by atoms with Gasteiger partial charge in [0, 0.05) is 40.7 Å². The van der Waals surface area contributed by atoms with E-state index in [0.717, 1.165) is 61.8 Å². The summed E-state index contributed by atoms with van der Waals surface area (Å²) in [6, 6.07) is 14.7. The Morgan fingerprint density at radius 2 is 1.45 bits per heavy atom. The molecule has 0 bridgehead atoms. The molecule has 2 heterocycles. The van der Waals surface area contributed by atoms with Gasteiger partial charge in [-0.25, -0.2) is 26.8 Å².